The number of imidazole rings is 1. The van der Waals surface area contributed by atoms with Crippen LogP contribution < -0.4 is 5.32 Å². The van der Waals surface area contributed by atoms with Crippen LogP contribution in [0.15, 0.2) is 42.5 Å². The van der Waals surface area contributed by atoms with E-state index in [-0.39, 0.29) is 11.0 Å². The van der Waals surface area contributed by atoms with E-state index in [0.717, 1.165) is 15.7 Å². The number of nitrogens with one attached hydrogen (secondary N) is 1. The first kappa shape index (κ1) is 21.4. The molecule has 0 bridgehead atoms. The fourth-order valence-electron chi connectivity index (χ4n) is 3.15. The second kappa shape index (κ2) is 8.56. The van der Waals surface area contributed by atoms with E-state index in [1.807, 2.05) is 32.0 Å². The zero-order valence-corrected chi connectivity index (χ0v) is 16.4. The van der Waals surface area contributed by atoms with E-state index in [9.17, 15) is 22.8 Å². The summed E-state index contributed by atoms with van der Waals surface area (Å²) in [6.45, 7) is 2.46. The van der Waals surface area contributed by atoms with Crippen molar-refractivity contribution < 1.29 is 27.5 Å². The lowest BCUT2D eigenvalue weighted by Gasteiger charge is -2.14. The van der Waals surface area contributed by atoms with Gasteiger partial charge in [-0.05, 0) is 36.6 Å². The van der Waals surface area contributed by atoms with Crippen molar-refractivity contribution in [2.75, 3.05) is 11.9 Å². The fraction of sp³-hybridized carbons (Fsp3) is 0.286. The van der Waals surface area contributed by atoms with E-state index in [2.05, 4.69) is 10.3 Å². The molecule has 0 saturated carbocycles. The standard InChI is InChI=1S/C21H20F3N3O3/c1-3-14-8-6-7-13(2)19(14)26-17(28)12-30-18(29)11-27-16-10-5-4-9-15(16)25-20(27)21(22,23)24/h4-10H,3,11-12H2,1-2H3,(H,26,28). The quantitative estimate of drug-likeness (QED) is 0.611. The lowest BCUT2D eigenvalue weighted by molar-refractivity contribution is -0.152. The van der Waals surface area contributed by atoms with Gasteiger partial charge in [0.05, 0.1) is 11.0 Å². The molecule has 1 aromatic heterocycles. The second-order valence-electron chi connectivity index (χ2n) is 6.68. The van der Waals surface area contributed by atoms with Crippen molar-refractivity contribution in [2.24, 2.45) is 0 Å². The first-order chi connectivity index (χ1) is 14.2. The van der Waals surface area contributed by atoms with Gasteiger partial charge in [0.25, 0.3) is 5.91 Å². The number of nitrogens with zero attached hydrogens (tertiary/aromatic N) is 2. The monoisotopic (exact) mass is 419 g/mol. The van der Waals surface area contributed by atoms with Gasteiger partial charge in [0.1, 0.15) is 6.54 Å². The smallest absolute Gasteiger partial charge is 0.449 e. The van der Waals surface area contributed by atoms with Gasteiger partial charge in [-0.1, -0.05) is 37.3 Å². The first-order valence-electron chi connectivity index (χ1n) is 9.27. The summed E-state index contributed by atoms with van der Waals surface area (Å²) in [7, 11) is 0. The van der Waals surface area contributed by atoms with E-state index >= 15 is 0 Å². The Bertz CT molecular complexity index is 1090. The van der Waals surface area contributed by atoms with E-state index < -0.39 is 37.0 Å². The highest BCUT2D eigenvalue weighted by atomic mass is 19.4. The van der Waals surface area contributed by atoms with Crippen LogP contribution in [0.25, 0.3) is 11.0 Å². The highest BCUT2D eigenvalue weighted by molar-refractivity contribution is 5.94. The Hall–Kier alpha value is -3.36. The number of anilines is 1. The minimum atomic E-state index is -4.74. The maximum Gasteiger partial charge on any atom is 0.449 e. The van der Waals surface area contributed by atoms with Crippen LogP contribution in [0.5, 0.6) is 0 Å². The van der Waals surface area contributed by atoms with Crippen LogP contribution in [0.3, 0.4) is 0 Å². The number of fused-ring (bicyclic) bond motifs is 1. The predicted molar refractivity (Wildman–Crippen MR) is 105 cm³/mol. The molecular formula is C21H20F3N3O3. The molecule has 2 aromatic carbocycles. The molecule has 0 atom stereocenters. The molecule has 3 aromatic rings. The Morgan fingerprint density at radius 3 is 2.57 bits per heavy atom. The first-order valence-corrected chi connectivity index (χ1v) is 9.27. The Morgan fingerprint density at radius 2 is 1.87 bits per heavy atom. The zero-order chi connectivity index (χ0) is 21.9. The number of esters is 1. The molecule has 1 heterocycles. The largest absolute Gasteiger partial charge is 0.454 e. The average molecular weight is 419 g/mol. The molecule has 0 fully saturated rings. The van der Waals surface area contributed by atoms with Crippen LogP contribution >= 0.6 is 0 Å². The number of ether oxygens (including phenoxy) is 1. The molecule has 158 valence electrons. The van der Waals surface area contributed by atoms with Crippen LogP contribution in [0.4, 0.5) is 18.9 Å². The van der Waals surface area contributed by atoms with Crippen molar-refractivity contribution >= 4 is 28.6 Å². The molecule has 3 rings (SSSR count). The van der Waals surface area contributed by atoms with Gasteiger partial charge in [-0.25, -0.2) is 4.98 Å². The van der Waals surface area contributed by atoms with Crippen molar-refractivity contribution in [3.05, 3.63) is 59.4 Å². The fourth-order valence-corrected chi connectivity index (χ4v) is 3.15. The molecule has 9 heteroatoms. The summed E-state index contributed by atoms with van der Waals surface area (Å²) >= 11 is 0. The van der Waals surface area contributed by atoms with Gasteiger partial charge in [0, 0.05) is 5.69 Å². The molecule has 1 amide bonds. The molecule has 0 unspecified atom stereocenters. The van der Waals surface area contributed by atoms with Crippen molar-refractivity contribution in [1.82, 2.24) is 9.55 Å². The average Bonchev–Trinajstić information content (AvgIpc) is 3.07. The summed E-state index contributed by atoms with van der Waals surface area (Å²) in [4.78, 5) is 27.9. The molecule has 0 aliphatic carbocycles. The third-order valence-corrected chi connectivity index (χ3v) is 4.56. The molecule has 0 spiro atoms. The highest BCUT2D eigenvalue weighted by Gasteiger charge is 2.38. The van der Waals surface area contributed by atoms with Crippen molar-refractivity contribution in [3.8, 4) is 0 Å². The Kier molecular flexibility index (Phi) is 6.09. The normalized spacial score (nSPS) is 11.5. The Morgan fingerprint density at radius 1 is 1.13 bits per heavy atom. The number of aryl methyl sites for hydroxylation is 2. The lowest BCUT2D eigenvalue weighted by atomic mass is 10.1. The number of carbonyl (C=O) groups excluding carboxylic acids is 2. The van der Waals surface area contributed by atoms with Gasteiger partial charge in [0.15, 0.2) is 6.61 Å². The van der Waals surface area contributed by atoms with Gasteiger partial charge in [-0.15, -0.1) is 0 Å². The molecule has 6 nitrogen and oxygen atoms in total. The lowest BCUT2D eigenvalue weighted by Crippen LogP contribution is -2.25. The van der Waals surface area contributed by atoms with Crippen molar-refractivity contribution in [2.45, 2.75) is 33.0 Å². The Labute approximate surface area is 170 Å². The summed E-state index contributed by atoms with van der Waals surface area (Å²) < 4.78 is 45.6. The molecule has 1 N–H and O–H groups in total. The van der Waals surface area contributed by atoms with E-state index in [0.29, 0.717) is 12.1 Å². The van der Waals surface area contributed by atoms with E-state index in [4.69, 9.17) is 4.74 Å². The molecule has 0 aliphatic heterocycles. The van der Waals surface area contributed by atoms with Crippen molar-refractivity contribution in [3.63, 3.8) is 0 Å². The van der Waals surface area contributed by atoms with Gasteiger partial charge in [0.2, 0.25) is 5.82 Å². The minimum absolute atomic E-state index is 0.113. The number of alkyl halides is 3. The number of halogens is 3. The van der Waals surface area contributed by atoms with Gasteiger partial charge >= 0.3 is 12.1 Å². The summed E-state index contributed by atoms with van der Waals surface area (Å²) in [5, 5.41) is 2.69. The van der Waals surface area contributed by atoms with Gasteiger partial charge in [-0.2, -0.15) is 13.2 Å². The molecule has 0 aliphatic rings. The van der Waals surface area contributed by atoms with Crippen LogP contribution in [0.2, 0.25) is 0 Å². The second-order valence-corrected chi connectivity index (χ2v) is 6.68. The van der Waals surface area contributed by atoms with Gasteiger partial charge in [-0.3, -0.25) is 9.59 Å². The number of amides is 1. The zero-order valence-electron chi connectivity index (χ0n) is 16.4. The van der Waals surface area contributed by atoms with Crippen LogP contribution in [-0.4, -0.2) is 28.0 Å². The predicted octanol–water partition coefficient (Wildman–Crippen LogP) is 4.11. The highest BCUT2D eigenvalue weighted by Crippen LogP contribution is 2.31. The number of rotatable bonds is 6. The van der Waals surface area contributed by atoms with E-state index in [1.165, 1.54) is 12.1 Å². The summed E-state index contributed by atoms with van der Waals surface area (Å²) in [5.74, 6) is -2.74. The number of aromatic nitrogens is 2. The topological polar surface area (TPSA) is 73.2 Å². The summed E-state index contributed by atoms with van der Waals surface area (Å²) in [5.41, 5.74) is 2.69. The SMILES string of the molecule is CCc1cccc(C)c1NC(=O)COC(=O)Cn1c(C(F)(F)F)nc2ccccc21. The van der Waals surface area contributed by atoms with Crippen LogP contribution in [0.1, 0.15) is 23.9 Å². The number of benzene rings is 2. The van der Waals surface area contributed by atoms with Crippen LogP contribution in [0, 0.1) is 6.92 Å². The minimum Gasteiger partial charge on any atom is -0.454 e. The summed E-state index contributed by atoms with van der Waals surface area (Å²) in [6.07, 6.45) is -4.04. The number of hydrogen-bond donors (Lipinski definition) is 1. The van der Waals surface area contributed by atoms with Crippen molar-refractivity contribution in [1.29, 1.82) is 0 Å². The maximum atomic E-state index is 13.3. The molecular weight excluding hydrogens is 399 g/mol. The Balaban J connectivity index is 1.69. The number of para-hydroxylation sites is 3. The van der Waals surface area contributed by atoms with E-state index in [1.54, 1.807) is 12.1 Å². The molecule has 0 saturated heterocycles. The maximum absolute atomic E-state index is 13.3. The molecule has 30 heavy (non-hydrogen) atoms. The molecule has 0 radical (unpaired) electrons. The number of hydrogen-bond acceptors (Lipinski definition) is 4. The third-order valence-electron chi connectivity index (χ3n) is 4.56. The van der Waals surface area contributed by atoms with Crippen LogP contribution in [-0.2, 0) is 33.5 Å². The van der Waals surface area contributed by atoms with Gasteiger partial charge < -0.3 is 14.6 Å². The number of carbonyl (C=O) groups is 2. The summed E-state index contributed by atoms with van der Waals surface area (Å²) in [6, 6.07) is 11.5. The third kappa shape index (κ3) is 4.61.